The number of aromatic hydroxyl groups is 1. The number of halogens is 2. The zero-order valence-electron chi connectivity index (χ0n) is 6.01. The molecule has 0 heterocycles. The van der Waals surface area contributed by atoms with Crippen LogP contribution in [0.25, 0.3) is 0 Å². The molecule has 0 aliphatic heterocycles. The minimum atomic E-state index is -0.651. The molecule has 0 fully saturated rings. The normalized spacial score (nSPS) is 10.2. The largest absolute Gasteiger partial charge is 0.508 e. The lowest BCUT2D eigenvalue weighted by atomic mass is 10.2. The summed E-state index contributed by atoms with van der Waals surface area (Å²) in [6.07, 6.45) is 0. The van der Waals surface area contributed by atoms with Gasteiger partial charge in [0, 0.05) is 11.6 Å². The fraction of sp³-hybridized carbons (Fsp3) is 0.143. The first-order valence-corrected chi connectivity index (χ1v) is 3.56. The average Bonchev–Trinajstić information content (AvgIpc) is 1.96. The fourth-order valence-corrected chi connectivity index (χ4v) is 1.11. The maximum Gasteiger partial charge on any atom is 0.132 e. The molecule has 3 N–H and O–H groups in total. The molecule has 0 aliphatic carbocycles. The fourth-order valence-electron chi connectivity index (χ4n) is 0.838. The predicted molar refractivity (Wildman–Crippen MR) is 41.7 cm³/mol. The second-order valence-corrected chi connectivity index (χ2v) is 2.63. The zero-order valence-corrected chi connectivity index (χ0v) is 6.77. The van der Waals surface area contributed by atoms with Crippen LogP contribution in [0.3, 0.4) is 0 Å². The molecule has 1 aromatic rings. The molecule has 3 nitrogen and oxygen atoms in total. The molecule has 0 atom stereocenters. The van der Waals surface area contributed by atoms with Crippen LogP contribution in [0.15, 0.2) is 12.1 Å². The van der Waals surface area contributed by atoms with Crippen LogP contribution in [0.4, 0.5) is 4.39 Å². The Labute approximate surface area is 73.4 Å². The molecule has 0 saturated heterocycles. The lowest BCUT2D eigenvalue weighted by Gasteiger charge is -2.04. The Morgan fingerprint density at radius 3 is 2.67 bits per heavy atom. The maximum atomic E-state index is 12.9. The highest BCUT2D eigenvalue weighted by Crippen LogP contribution is 2.24. The van der Waals surface area contributed by atoms with Crippen LogP contribution in [-0.4, -0.2) is 10.3 Å². The number of hydroxylamine groups is 1. The van der Waals surface area contributed by atoms with Crippen LogP contribution in [0.1, 0.15) is 5.56 Å². The van der Waals surface area contributed by atoms with Crippen molar-refractivity contribution in [2.24, 2.45) is 0 Å². The maximum absolute atomic E-state index is 12.9. The van der Waals surface area contributed by atoms with Crippen molar-refractivity contribution >= 4 is 11.6 Å². The highest BCUT2D eigenvalue weighted by molar-refractivity contribution is 6.31. The van der Waals surface area contributed by atoms with E-state index >= 15 is 0 Å². The molecule has 66 valence electrons. The van der Waals surface area contributed by atoms with Gasteiger partial charge < -0.3 is 10.3 Å². The number of rotatable bonds is 2. The summed E-state index contributed by atoms with van der Waals surface area (Å²) in [5.74, 6) is -0.888. The summed E-state index contributed by atoms with van der Waals surface area (Å²) in [4.78, 5) is 0. The third-order valence-electron chi connectivity index (χ3n) is 1.38. The van der Waals surface area contributed by atoms with E-state index in [1.54, 1.807) is 5.48 Å². The molecular weight excluding hydrogens is 185 g/mol. The van der Waals surface area contributed by atoms with Gasteiger partial charge in [-0.05, 0) is 6.07 Å². The third kappa shape index (κ3) is 1.85. The van der Waals surface area contributed by atoms with Gasteiger partial charge in [0.1, 0.15) is 11.6 Å². The number of phenols is 1. The summed E-state index contributed by atoms with van der Waals surface area (Å²) in [5.41, 5.74) is 1.90. The number of nitrogens with one attached hydrogen (secondary N) is 1. The van der Waals surface area contributed by atoms with Crippen LogP contribution < -0.4 is 5.48 Å². The molecule has 0 spiro atoms. The minimum Gasteiger partial charge on any atom is -0.508 e. The SMILES string of the molecule is ONCc1c(F)cc(O)cc1Cl. The zero-order chi connectivity index (χ0) is 9.14. The Hall–Kier alpha value is -0.840. The van der Waals surface area contributed by atoms with E-state index in [1.807, 2.05) is 0 Å². The van der Waals surface area contributed by atoms with Gasteiger partial charge in [0.05, 0.1) is 11.6 Å². The van der Waals surface area contributed by atoms with Crippen molar-refractivity contribution < 1.29 is 14.7 Å². The summed E-state index contributed by atoms with van der Waals surface area (Å²) in [5, 5.41) is 17.3. The Morgan fingerprint density at radius 1 is 1.50 bits per heavy atom. The summed E-state index contributed by atoms with van der Waals surface area (Å²) in [6, 6.07) is 2.13. The molecular formula is C7H7ClFNO2. The second kappa shape index (κ2) is 3.71. The van der Waals surface area contributed by atoms with Gasteiger partial charge in [-0.15, -0.1) is 0 Å². The average molecular weight is 192 g/mol. The van der Waals surface area contributed by atoms with E-state index in [-0.39, 0.29) is 22.9 Å². The molecule has 5 heteroatoms. The Bertz CT molecular complexity index is 270. The van der Waals surface area contributed by atoms with Crippen molar-refractivity contribution in [2.45, 2.75) is 6.54 Å². The van der Waals surface area contributed by atoms with Gasteiger partial charge in [-0.1, -0.05) is 11.6 Å². The number of phenolic OH excluding ortho intramolecular Hbond substituents is 1. The highest BCUT2D eigenvalue weighted by atomic mass is 35.5. The van der Waals surface area contributed by atoms with E-state index in [2.05, 4.69) is 0 Å². The van der Waals surface area contributed by atoms with Gasteiger partial charge in [-0.25, -0.2) is 9.87 Å². The van der Waals surface area contributed by atoms with Gasteiger partial charge in [-0.2, -0.15) is 0 Å². The molecule has 0 aromatic heterocycles. The smallest absolute Gasteiger partial charge is 0.132 e. The Morgan fingerprint density at radius 2 is 2.17 bits per heavy atom. The molecule has 0 unspecified atom stereocenters. The van der Waals surface area contributed by atoms with Crippen molar-refractivity contribution in [1.82, 2.24) is 5.48 Å². The van der Waals surface area contributed by atoms with E-state index in [0.717, 1.165) is 6.07 Å². The first kappa shape index (κ1) is 9.25. The van der Waals surface area contributed by atoms with Gasteiger partial charge in [-0.3, -0.25) is 0 Å². The number of benzene rings is 1. The van der Waals surface area contributed by atoms with Gasteiger partial charge >= 0.3 is 0 Å². The molecule has 0 bridgehead atoms. The molecule has 12 heavy (non-hydrogen) atoms. The molecule has 0 amide bonds. The van der Waals surface area contributed by atoms with Crippen LogP contribution in [-0.2, 0) is 6.54 Å². The van der Waals surface area contributed by atoms with E-state index in [0.29, 0.717) is 0 Å². The molecule has 0 radical (unpaired) electrons. The Kier molecular flexibility index (Phi) is 2.86. The quantitative estimate of drug-likeness (QED) is 0.624. The van der Waals surface area contributed by atoms with Crippen LogP contribution in [0.5, 0.6) is 5.75 Å². The minimum absolute atomic E-state index is 0.0778. The third-order valence-corrected chi connectivity index (χ3v) is 1.72. The van der Waals surface area contributed by atoms with Crippen LogP contribution in [0.2, 0.25) is 5.02 Å². The highest BCUT2D eigenvalue weighted by Gasteiger charge is 2.08. The van der Waals surface area contributed by atoms with Crippen molar-refractivity contribution in [1.29, 1.82) is 0 Å². The van der Waals surface area contributed by atoms with E-state index in [9.17, 15) is 4.39 Å². The Balaban J connectivity index is 3.10. The van der Waals surface area contributed by atoms with E-state index in [4.69, 9.17) is 21.9 Å². The first-order chi connectivity index (χ1) is 5.65. The van der Waals surface area contributed by atoms with E-state index in [1.165, 1.54) is 6.07 Å². The van der Waals surface area contributed by atoms with Crippen LogP contribution in [0, 0.1) is 5.82 Å². The molecule has 1 rings (SSSR count). The standard InChI is InChI=1S/C7H7ClFNO2/c8-6-1-4(11)2-7(9)5(6)3-10-12/h1-2,10-12H,3H2. The summed E-state index contributed by atoms with van der Waals surface area (Å²) < 4.78 is 12.9. The lowest BCUT2D eigenvalue weighted by Crippen LogP contribution is -2.08. The molecule has 0 saturated carbocycles. The van der Waals surface area contributed by atoms with E-state index < -0.39 is 5.82 Å². The number of hydrogen-bond acceptors (Lipinski definition) is 3. The monoisotopic (exact) mass is 191 g/mol. The van der Waals surface area contributed by atoms with Crippen molar-refractivity contribution in [3.8, 4) is 5.75 Å². The van der Waals surface area contributed by atoms with Crippen molar-refractivity contribution in [2.75, 3.05) is 0 Å². The topological polar surface area (TPSA) is 52.5 Å². The van der Waals surface area contributed by atoms with Gasteiger partial charge in [0.15, 0.2) is 0 Å². The summed E-state index contributed by atoms with van der Waals surface area (Å²) >= 11 is 5.56. The summed E-state index contributed by atoms with van der Waals surface area (Å²) in [6.45, 7) is -0.0923. The van der Waals surface area contributed by atoms with Crippen molar-refractivity contribution in [3.05, 3.63) is 28.5 Å². The van der Waals surface area contributed by atoms with Crippen molar-refractivity contribution in [3.63, 3.8) is 0 Å². The lowest BCUT2D eigenvalue weighted by molar-refractivity contribution is 0.160. The van der Waals surface area contributed by atoms with Gasteiger partial charge in [0.25, 0.3) is 0 Å². The first-order valence-electron chi connectivity index (χ1n) is 3.19. The predicted octanol–water partition coefficient (Wildman–Crippen LogP) is 1.66. The van der Waals surface area contributed by atoms with Gasteiger partial charge in [0.2, 0.25) is 0 Å². The number of hydrogen-bond donors (Lipinski definition) is 3. The van der Waals surface area contributed by atoms with Crippen LogP contribution >= 0.6 is 11.6 Å². The summed E-state index contributed by atoms with van der Waals surface area (Å²) in [7, 11) is 0. The molecule has 0 aliphatic rings. The molecule has 1 aromatic carbocycles. The second-order valence-electron chi connectivity index (χ2n) is 2.22.